The maximum absolute atomic E-state index is 4.58. The number of halogens is 1. The van der Waals surface area contributed by atoms with Gasteiger partial charge in [-0.15, -0.1) is 40.8 Å². The van der Waals surface area contributed by atoms with Crippen molar-refractivity contribution in [1.29, 1.82) is 0 Å². The molecule has 1 rings (SSSR count). The van der Waals surface area contributed by atoms with Crippen LogP contribution in [0.5, 0.6) is 0 Å². The minimum atomic E-state index is 0. The Bertz CT molecular complexity index is 415. The van der Waals surface area contributed by atoms with Crippen molar-refractivity contribution in [2.24, 2.45) is 12.0 Å². The van der Waals surface area contributed by atoms with Crippen molar-refractivity contribution in [1.82, 2.24) is 25.0 Å². The third-order valence-electron chi connectivity index (χ3n) is 2.77. The lowest BCUT2D eigenvalue weighted by atomic mass is 10.3. The zero-order valence-electron chi connectivity index (χ0n) is 12.5. The minimum absolute atomic E-state index is 0. The lowest BCUT2D eigenvalue weighted by Gasteiger charge is -2.21. The van der Waals surface area contributed by atoms with Crippen molar-refractivity contribution in [3.05, 3.63) is 24.8 Å². The van der Waals surface area contributed by atoms with Crippen molar-refractivity contribution in [3.8, 4) is 0 Å². The Morgan fingerprint density at radius 2 is 2.35 bits per heavy atom. The lowest BCUT2D eigenvalue weighted by molar-refractivity contribution is 0.469. The normalized spacial score (nSPS) is 10.8. The Morgan fingerprint density at radius 3 is 2.90 bits per heavy atom. The van der Waals surface area contributed by atoms with Crippen LogP contribution in [0, 0.1) is 0 Å². The van der Waals surface area contributed by atoms with Gasteiger partial charge in [-0.3, -0.25) is 0 Å². The molecule has 6 nitrogen and oxygen atoms in total. The van der Waals surface area contributed by atoms with Crippen molar-refractivity contribution in [3.63, 3.8) is 0 Å². The Balaban J connectivity index is 0.00000361. The van der Waals surface area contributed by atoms with E-state index in [0.29, 0.717) is 6.54 Å². The van der Waals surface area contributed by atoms with Crippen molar-refractivity contribution >= 4 is 29.9 Å². The molecule has 0 saturated heterocycles. The summed E-state index contributed by atoms with van der Waals surface area (Å²) in [5.74, 6) is 1.75. The van der Waals surface area contributed by atoms with Crippen molar-refractivity contribution < 1.29 is 0 Å². The smallest absolute Gasteiger partial charge is 0.194 e. The number of aromatic nitrogens is 3. The number of allylic oxidation sites excluding steroid dienone is 1. The molecular formula is C13H25IN6. The van der Waals surface area contributed by atoms with Gasteiger partial charge in [0.2, 0.25) is 0 Å². The number of aryl methyl sites for hydroxylation is 1. The van der Waals surface area contributed by atoms with Gasteiger partial charge in [-0.1, -0.05) is 6.08 Å². The van der Waals surface area contributed by atoms with Crippen LogP contribution in [0.25, 0.3) is 0 Å². The van der Waals surface area contributed by atoms with Crippen LogP contribution in [0.4, 0.5) is 0 Å². The van der Waals surface area contributed by atoms with Gasteiger partial charge >= 0.3 is 0 Å². The minimum Gasteiger partial charge on any atom is -0.357 e. The molecular weight excluding hydrogens is 367 g/mol. The molecule has 1 aromatic heterocycles. The summed E-state index contributed by atoms with van der Waals surface area (Å²) in [5, 5.41) is 11.2. The SMILES string of the molecule is C=CCCCN(C)C(=NCc1nncn1C)NCC.I. The fourth-order valence-corrected chi connectivity index (χ4v) is 1.64. The first-order chi connectivity index (χ1) is 9.19. The molecule has 0 unspecified atom stereocenters. The summed E-state index contributed by atoms with van der Waals surface area (Å²) in [7, 11) is 3.97. The molecule has 114 valence electrons. The second-order valence-corrected chi connectivity index (χ2v) is 4.38. The maximum atomic E-state index is 4.58. The summed E-state index contributed by atoms with van der Waals surface area (Å²) < 4.78 is 1.88. The molecule has 20 heavy (non-hydrogen) atoms. The number of guanidine groups is 1. The topological polar surface area (TPSA) is 58.3 Å². The van der Waals surface area contributed by atoms with Gasteiger partial charge in [-0.2, -0.15) is 0 Å². The molecule has 0 saturated carbocycles. The number of aliphatic imine (C=N–C) groups is 1. The second kappa shape index (κ2) is 10.6. The highest BCUT2D eigenvalue weighted by Crippen LogP contribution is 1.98. The number of hydrogen-bond acceptors (Lipinski definition) is 3. The van der Waals surface area contributed by atoms with Crippen LogP contribution >= 0.6 is 24.0 Å². The van der Waals surface area contributed by atoms with Crippen molar-refractivity contribution in [2.75, 3.05) is 20.1 Å². The van der Waals surface area contributed by atoms with E-state index in [2.05, 4.69) is 38.9 Å². The first-order valence-electron chi connectivity index (χ1n) is 6.62. The highest BCUT2D eigenvalue weighted by Gasteiger charge is 2.06. The Labute approximate surface area is 138 Å². The molecule has 1 heterocycles. The Kier molecular flexibility index (Phi) is 10.0. The molecule has 0 spiro atoms. The van der Waals surface area contributed by atoms with Crippen LogP contribution < -0.4 is 5.32 Å². The van der Waals surface area contributed by atoms with E-state index in [1.807, 2.05) is 24.7 Å². The summed E-state index contributed by atoms with van der Waals surface area (Å²) in [4.78, 5) is 6.71. The Hall–Kier alpha value is -1.12. The van der Waals surface area contributed by atoms with E-state index in [-0.39, 0.29) is 24.0 Å². The molecule has 0 aliphatic rings. The molecule has 1 aromatic rings. The van der Waals surface area contributed by atoms with E-state index in [1.54, 1.807) is 6.33 Å². The van der Waals surface area contributed by atoms with E-state index in [0.717, 1.165) is 37.7 Å². The van der Waals surface area contributed by atoms with Crippen LogP contribution in [0.2, 0.25) is 0 Å². The van der Waals surface area contributed by atoms with Crippen LogP contribution in [-0.4, -0.2) is 45.8 Å². The van der Waals surface area contributed by atoms with Crippen LogP contribution in [-0.2, 0) is 13.6 Å². The molecule has 0 amide bonds. The number of hydrogen-bond donors (Lipinski definition) is 1. The van der Waals surface area contributed by atoms with Gasteiger partial charge in [-0.25, -0.2) is 4.99 Å². The fraction of sp³-hybridized carbons (Fsp3) is 0.615. The van der Waals surface area contributed by atoms with E-state index >= 15 is 0 Å². The highest BCUT2D eigenvalue weighted by molar-refractivity contribution is 14.0. The van der Waals surface area contributed by atoms with Crippen LogP contribution in [0.1, 0.15) is 25.6 Å². The largest absolute Gasteiger partial charge is 0.357 e. The van der Waals surface area contributed by atoms with Gasteiger partial charge in [0.25, 0.3) is 0 Å². The standard InChI is InChI=1S/C13H24N6.HI/c1-5-7-8-9-18(3)13(14-6-2)15-10-12-17-16-11-19(12)4;/h5,11H,1,6-10H2,2-4H3,(H,14,15);1H. The van der Waals surface area contributed by atoms with Gasteiger partial charge < -0.3 is 14.8 Å². The average molecular weight is 392 g/mol. The second-order valence-electron chi connectivity index (χ2n) is 4.38. The van der Waals surface area contributed by atoms with Crippen LogP contribution in [0.15, 0.2) is 24.0 Å². The maximum Gasteiger partial charge on any atom is 0.194 e. The number of nitrogens with one attached hydrogen (secondary N) is 1. The summed E-state index contributed by atoms with van der Waals surface area (Å²) in [6.45, 7) is 8.14. The Morgan fingerprint density at radius 1 is 1.60 bits per heavy atom. The molecule has 0 radical (unpaired) electrons. The molecule has 0 atom stereocenters. The lowest BCUT2D eigenvalue weighted by Crippen LogP contribution is -2.39. The average Bonchev–Trinajstić information content (AvgIpc) is 2.80. The van der Waals surface area contributed by atoms with Gasteiger partial charge in [0.1, 0.15) is 12.9 Å². The summed E-state index contributed by atoms with van der Waals surface area (Å²) >= 11 is 0. The van der Waals surface area contributed by atoms with Gasteiger partial charge in [0.05, 0.1) is 0 Å². The molecule has 0 aromatic carbocycles. The summed E-state index contributed by atoms with van der Waals surface area (Å²) in [6, 6.07) is 0. The molecule has 1 N–H and O–H groups in total. The first kappa shape index (κ1) is 18.9. The molecule has 0 fully saturated rings. The molecule has 0 aliphatic heterocycles. The van der Waals surface area contributed by atoms with Gasteiger partial charge in [-0.05, 0) is 19.8 Å². The van der Waals surface area contributed by atoms with E-state index in [4.69, 9.17) is 0 Å². The number of unbranched alkanes of at least 4 members (excludes halogenated alkanes) is 1. The quantitative estimate of drug-likeness (QED) is 0.253. The molecule has 0 aliphatic carbocycles. The van der Waals surface area contributed by atoms with Gasteiger partial charge in [0.15, 0.2) is 11.8 Å². The molecule has 0 bridgehead atoms. The van der Waals surface area contributed by atoms with E-state index < -0.39 is 0 Å². The fourth-order valence-electron chi connectivity index (χ4n) is 1.64. The first-order valence-corrected chi connectivity index (χ1v) is 6.62. The number of rotatable bonds is 7. The summed E-state index contributed by atoms with van der Waals surface area (Å²) in [6.07, 6.45) is 5.73. The monoisotopic (exact) mass is 392 g/mol. The molecule has 7 heteroatoms. The van der Waals surface area contributed by atoms with E-state index in [9.17, 15) is 0 Å². The number of nitrogens with zero attached hydrogens (tertiary/aromatic N) is 5. The summed E-state index contributed by atoms with van der Waals surface area (Å²) in [5.41, 5.74) is 0. The third kappa shape index (κ3) is 6.36. The third-order valence-corrected chi connectivity index (χ3v) is 2.77. The van der Waals surface area contributed by atoms with Gasteiger partial charge in [0, 0.05) is 27.2 Å². The van der Waals surface area contributed by atoms with Crippen molar-refractivity contribution in [2.45, 2.75) is 26.3 Å². The predicted octanol–water partition coefficient (Wildman–Crippen LogP) is 1.80. The zero-order valence-corrected chi connectivity index (χ0v) is 14.9. The highest BCUT2D eigenvalue weighted by atomic mass is 127. The zero-order chi connectivity index (χ0) is 14.1. The van der Waals surface area contributed by atoms with Crippen LogP contribution in [0.3, 0.4) is 0 Å². The van der Waals surface area contributed by atoms with E-state index in [1.165, 1.54) is 0 Å². The predicted molar refractivity (Wildman–Crippen MR) is 93.3 cm³/mol.